The highest BCUT2D eigenvalue weighted by atomic mass is 16.1. The van der Waals surface area contributed by atoms with Crippen molar-refractivity contribution in [2.45, 2.75) is 48.0 Å². The van der Waals surface area contributed by atoms with Gasteiger partial charge in [0.1, 0.15) is 0 Å². The van der Waals surface area contributed by atoms with Crippen LogP contribution in [0.4, 0.5) is 0 Å². The lowest BCUT2D eigenvalue weighted by molar-refractivity contribution is -0.120. The lowest BCUT2D eigenvalue weighted by Gasteiger charge is -2.35. The third kappa shape index (κ3) is 2.63. The van der Waals surface area contributed by atoms with E-state index < -0.39 is 0 Å². The average Bonchev–Trinajstić information content (AvgIpc) is 2.12. The number of rotatable bonds is 2. The van der Waals surface area contributed by atoms with Crippen LogP contribution in [-0.2, 0) is 4.79 Å². The van der Waals surface area contributed by atoms with Crippen molar-refractivity contribution in [3.8, 4) is 0 Å². The third-order valence-electron chi connectivity index (χ3n) is 3.41. The molecule has 0 amide bonds. The number of Topliss-reactive ketones (excluding diaryl/α,β-unsaturated/α-hetero) is 1. The summed E-state index contributed by atoms with van der Waals surface area (Å²) in [5.41, 5.74) is 2.31. The molecule has 0 radical (unpaired) electrons. The molecule has 0 N–H and O–H groups in total. The van der Waals surface area contributed by atoms with Crippen LogP contribution in [0.2, 0.25) is 0 Å². The maximum atomic E-state index is 12.0. The molecule has 90 valence electrons. The summed E-state index contributed by atoms with van der Waals surface area (Å²) in [4.78, 5) is 12.0. The van der Waals surface area contributed by atoms with Gasteiger partial charge in [-0.15, -0.1) is 0 Å². The molecule has 1 nitrogen and oxygen atoms in total. The number of hydrogen-bond acceptors (Lipinski definition) is 1. The van der Waals surface area contributed by atoms with Crippen molar-refractivity contribution in [2.24, 2.45) is 17.3 Å². The topological polar surface area (TPSA) is 17.1 Å². The van der Waals surface area contributed by atoms with Gasteiger partial charge in [0.25, 0.3) is 0 Å². The molecule has 0 aromatic rings. The molecule has 0 heterocycles. The van der Waals surface area contributed by atoms with Crippen molar-refractivity contribution in [3.05, 3.63) is 23.3 Å². The van der Waals surface area contributed by atoms with E-state index in [1.807, 2.05) is 13.8 Å². The predicted octanol–water partition coefficient (Wildman–Crippen LogP) is 4.15. The first-order valence-electron chi connectivity index (χ1n) is 6.19. The Morgan fingerprint density at radius 2 is 1.94 bits per heavy atom. The Hall–Kier alpha value is -0.850. The SMILES string of the molecule is CC1=C(/C=C/C(C)C)C(C)(C)C[C@H](C)C1=O. The van der Waals surface area contributed by atoms with Crippen LogP contribution in [0.25, 0.3) is 0 Å². The van der Waals surface area contributed by atoms with Crippen molar-refractivity contribution in [1.29, 1.82) is 0 Å². The molecule has 0 fully saturated rings. The molecule has 0 bridgehead atoms. The van der Waals surface area contributed by atoms with Crippen LogP contribution in [0.5, 0.6) is 0 Å². The van der Waals surface area contributed by atoms with E-state index in [-0.39, 0.29) is 11.3 Å². The lowest BCUT2D eigenvalue weighted by atomic mass is 9.68. The van der Waals surface area contributed by atoms with Gasteiger partial charge in [0.05, 0.1) is 0 Å². The first kappa shape index (κ1) is 13.2. The van der Waals surface area contributed by atoms with Crippen LogP contribution < -0.4 is 0 Å². The van der Waals surface area contributed by atoms with E-state index in [1.165, 1.54) is 5.57 Å². The number of carbonyl (C=O) groups excluding carboxylic acids is 1. The molecule has 0 spiro atoms. The van der Waals surface area contributed by atoms with Crippen molar-refractivity contribution in [1.82, 2.24) is 0 Å². The minimum atomic E-state index is 0.128. The molecule has 16 heavy (non-hydrogen) atoms. The second kappa shape index (κ2) is 4.57. The highest BCUT2D eigenvalue weighted by Crippen LogP contribution is 2.41. The van der Waals surface area contributed by atoms with Gasteiger partial charge in [-0.2, -0.15) is 0 Å². The van der Waals surface area contributed by atoms with Gasteiger partial charge >= 0.3 is 0 Å². The van der Waals surface area contributed by atoms with Crippen molar-refractivity contribution >= 4 is 5.78 Å². The molecule has 0 aromatic heterocycles. The summed E-state index contributed by atoms with van der Waals surface area (Å²) in [5.74, 6) is 1.03. The summed E-state index contributed by atoms with van der Waals surface area (Å²) in [7, 11) is 0. The predicted molar refractivity (Wildman–Crippen MR) is 69.2 cm³/mol. The normalized spacial score (nSPS) is 25.9. The van der Waals surface area contributed by atoms with Crippen molar-refractivity contribution < 1.29 is 4.79 Å². The van der Waals surface area contributed by atoms with Crippen LogP contribution in [0.1, 0.15) is 48.0 Å². The number of carbonyl (C=O) groups is 1. The molecule has 0 unspecified atom stereocenters. The van der Waals surface area contributed by atoms with Gasteiger partial charge in [0, 0.05) is 5.92 Å². The second-order valence-electron chi connectivity index (χ2n) is 6.00. The lowest BCUT2D eigenvalue weighted by Crippen LogP contribution is -2.30. The summed E-state index contributed by atoms with van der Waals surface area (Å²) in [6, 6.07) is 0. The van der Waals surface area contributed by atoms with Gasteiger partial charge in [-0.25, -0.2) is 0 Å². The maximum absolute atomic E-state index is 12.0. The van der Waals surface area contributed by atoms with Gasteiger partial charge in [-0.3, -0.25) is 4.79 Å². The summed E-state index contributed by atoms with van der Waals surface area (Å²) < 4.78 is 0. The van der Waals surface area contributed by atoms with Gasteiger partial charge < -0.3 is 0 Å². The first-order chi connectivity index (χ1) is 7.25. The fourth-order valence-corrected chi connectivity index (χ4v) is 2.62. The monoisotopic (exact) mass is 220 g/mol. The maximum Gasteiger partial charge on any atom is 0.161 e. The molecule has 1 rings (SSSR count). The van der Waals surface area contributed by atoms with E-state index in [9.17, 15) is 4.79 Å². The van der Waals surface area contributed by atoms with E-state index in [1.54, 1.807) is 0 Å². The molecule has 1 aliphatic rings. The zero-order chi connectivity index (χ0) is 12.5. The highest BCUT2D eigenvalue weighted by Gasteiger charge is 2.35. The Morgan fingerprint density at radius 1 is 1.38 bits per heavy atom. The Balaban J connectivity index is 3.14. The van der Waals surface area contributed by atoms with Gasteiger partial charge in [0.15, 0.2) is 5.78 Å². The highest BCUT2D eigenvalue weighted by molar-refractivity contribution is 5.98. The van der Waals surface area contributed by atoms with Crippen LogP contribution in [0.3, 0.4) is 0 Å². The Kier molecular flexibility index (Phi) is 3.77. The van der Waals surface area contributed by atoms with E-state index in [0.717, 1.165) is 12.0 Å². The fourth-order valence-electron chi connectivity index (χ4n) is 2.62. The second-order valence-corrected chi connectivity index (χ2v) is 6.00. The van der Waals surface area contributed by atoms with E-state index in [0.29, 0.717) is 11.7 Å². The van der Waals surface area contributed by atoms with Gasteiger partial charge in [-0.1, -0.05) is 46.8 Å². The number of ketones is 1. The minimum absolute atomic E-state index is 0.128. The summed E-state index contributed by atoms with van der Waals surface area (Å²) in [6.07, 6.45) is 5.30. The van der Waals surface area contributed by atoms with Crippen molar-refractivity contribution in [3.63, 3.8) is 0 Å². The number of hydrogen-bond donors (Lipinski definition) is 0. The zero-order valence-electron chi connectivity index (χ0n) is 11.4. The molecular formula is C15H24O. The van der Waals surface area contributed by atoms with Crippen LogP contribution in [-0.4, -0.2) is 5.78 Å². The molecule has 1 aliphatic carbocycles. The quantitative estimate of drug-likeness (QED) is 0.683. The summed E-state index contributed by atoms with van der Waals surface area (Å²) >= 11 is 0. The van der Waals surface area contributed by atoms with E-state index >= 15 is 0 Å². The largest absolute Gasteiger partial charge is 0.294 e. The van der Waals surface area contributed by atoms with Crippen LogP contribution in [0.15, 0.2) is 23.3 Å². The fraction of sp³-hybridized carbons (Fsp3) is 0.667. The van der Waals surface area contributed by atoms with Crippen molar-refractivity contribution in [2.75, 3.05) is 0 Å². The smallest absolute Gasteiger partial charge is 0.161 e. The standard InChI is InChI=1S/C15H24O/c1-10(2)7-8-13-12(4)14(16)11(3)9-15(13,5)6/h7-8,10-11H,9H2,1-6H3/b8-7+/t11-/m0/s1. The molecule has 1 heteroatoms. The first-order valence-corrected chi connectivity index (χ1v) is 6.19. The minimum Gasteiger partial charge on any atom is -0.294 e. The van der Waals surface area contributed by atoms with Gasteiger partial charge in [0.2, 0.25) is 0 Å². The van der Waals surface area contributed by atoms with Crippen LogP contribution >= 0.6 is 0 Å². The van der Waals surface area contributed by atoms with Crippen LogP contribution in [0, 0.1) is 17.3 Å². The molecule has 0 saturated carbocycles. The Bertz CT molecular complexity index is 342. The zero-order valence-corrected chi connectivity index (χ0v) is 11.4. The molecule has 0 aliphatic heterocycles. The van der Waals surface area contributed by atoms with E-state index in [4.69, 9.17) is 0 Å². The Morgan fingerprint density at radius 3 is 2.44 bits per heavy atom. The van der Waals surface area contributed by atoms with E-state index in [2.05, 4.69) is 39.8 Å². The summed E-state index contributed by atoms with van der Waals surface area (Å²) in [5, 5.41) is 0. The average molecular weight is 220 g/mol. The summed E-state index contributed by atoms with van der Waals surface area (Å²) in [6.45, 7) is 12.8. The third-order valence-corrected chi connectivity index (χ3v) is 3.41. The number of allylic oxidation sites excluding steroid dienone is 4. The Labute approximate surface area is 99.6 Å². The molecule has 0 saturated heterocycles. The molecular weight excluding hydrogens is 196 g/mol. The van der Waals surface area contributed by atoms with Gasteiger partial charge in [-0.05, 0) is 35.8 Å². The molecule has 1 atom stereocenters. The molecule has 0 aromatic carbocycles.